The lowest BCUT2D eigenvalue weighted by Crippen LogP contribution is -2.19. The molecule has 228 valence electrons. The van der Waals surface area contributed by atoms with Crippen LogP contribution in [0.1, 0.15) is 47.8 Å². The molecule has 0 saturated heterocycles. The Hall–Kier alpha value is -3.87. The predicted molar refractivity (Wildman–Crippen MR) is 166 cm³/mol. The van der Waals surface area contributed by atoms with Crippen molar-refractivity contribution < 1.29 is 24.6 Å². The Kier molecular flexibility index (Phi) is 16.7. The zero-order valence-electron chi connectivity index (χ0n) is 23.4. The topological polar surface area (TPSA) is 167 Å². The van der Waals surface area contributed by atoms with Crippen LogP contribution >= 0.6 is 46.4 Å². The van der Waals surface area contributed by atoms with Crippen LogP contribution in [0.15, 0.2) is 61.2 Å². The number of aliphatic hydroxyl groups excluding tert-OH is 1. The molecule has 0 aliphatic heterocycles. The monoisotopic (exact) mass is 668 g/mol. The van der Waals surface area contributed by atoms with Crippen LogP contribution in [0.25, 0.3) is 0 Å². The summed E-state index contributed by atoms with van der Waals surface area (Å²) in [5.41, 5.74) is 3.63. The Morgan fingerprint density at radius 2 is 1.16 bits per heavy atom. The Morgan fingerprint density at radius 1 is 0.698 bits per heavy atom. The van der Waals surface area contributed by atoms with Gasteiger partial charge in [-0.2, -0.15) is 0 Å². The number of amides is 2. The van der Waals surface area contributed by atoms with Crippen molar-refractivity contribution in [1.82, 2.24) is 30.6 Å². The van der Waals surface area contributed by atoms with Gasteiger partial charge >= 0.3 is 5.97 Å². The molecule has 0 radical (unpaired) electrons. The number of aromatic carboxylic acids is 1. The van der Waals surface area contributed by atoms with E-state index in [1.807, 2.05) is 6.92 Å². The largest absolute Gasteiger partial charge is 0.478 e. The lowest BCUT2D eigenvalue weighted by Gasteiger charge is -2.03. The molecule has 0 bridgehead atoms. The molecule has 11 nitrogen and oxygen atoms in total. The highest BCUT2D eigenvalue weighted by molar-refractivity contribution is 6.31. The number of nitrogens with one attached hydrogen (secondary N) is 2. The van der Waals surface area contributed by atoms with Crippen molar-refractivity contribution in [3.8, 4) is 0 Å². The van der Waals surface area contributed by atoms with Gasteiger partial charge in [0.15, 0.2) is 0 Å². The number of aromatic nitrogens is 4. The van der Waals surface area contributed by atoms with E-state index in [0.29, 0.717) is 32.1 Å². The Morgan fingerprint density at radius 3 is 1.60 bits per heavy atom. The van der Waals surface area contributed by atoms with Gasteiger partial charge in [0.25, 0.3) is 11.8 Å². The van der Waals surface area contributed by atoms with Gasteiger partial charge in [0.2, 0.25) is 0 Å². The number of carbonyl (C=O) groups excluding carboxylic acids is 2. The van der Waals surface area contributed by atoms with Crippen LogP contribution in [-0.2, 0) is 6.61 Å². The molecule has 4 aromatic rings. The molecule has 0 aliphatic carbocycles. The molecule has 0 aliphatic rings. The van der Waals surface area contributed by atoms with E-state index in [-0.39, 0.29) is 29.1 Å². The summed E-state index contributed by atoms with van der Waals surface area (Å²) in [5, 5.41) is 23.5. The number of hydrogen-bond acceptors (Lipinski definition) is 8. The first kappa shape index (κ1) is 37.2. The Labute approximate surface area is 268 Å². The molecule has 43 heavy (non-hydrogen) atoms. The summed E-state index contributed by atoms with van der Waals surface area (Å²) in [5.74, 6) is -1.30. The second-order valence-electron chi connectivity index (χ2n) is 8.02. The van der Waals surface area contributed by atoms with Crippen LogP contribution in [0.2, 0.25) is 20.6 Å². The van der Waals surface area contributed by atoms with Crippen molar-refractivity contribution in [2.24, 2.45) is 0 Å². The molecule has 0 fully saturated rings. The first-order chi connectivity index (χ1) is 20.4. The lowest BCUT2D eigenvalue weighted by atomic mass is 10.1. The number of carboxylic acid groups (broad SMARTS) is 1. The Bertz CT molecular complexity index is 1540. The fraction of sp³-hybridized carbons (Fsp3) is 0.179. The van der Waals surface area contributed by atoms with Crippen LogP contribution in [0.4, 0.5) is 0 Å². The zero-order chi connectivity index (χ0) is 32.5. The molecular formula is C28H28Cl4N6O5. The number of nitrogens with zero attached hydrogens (tertiary/aromatic N) is 4. The van der Waals surface area contributed by atoms with Crippen molar-refractivity contribution in [3.63, 3.8) is 0 Å². The fourth-order valence-electron chi connectivity index (χ4n) is 2.83. The number of hydrogen-bond donors (Lipinski definition) is 4. The third-order valence-electron chi connectivity index (χ3n) is 5.23. The van der Waals surface area contributed by atoms with Gasteiger partial charge in [0.1, 0.15) is 20.6 Å². The number of aliphatic hydroxyl groups is 1. The molecule has 0 unspecified atom stereocenters. The van der Waals surface area contributed by atoms with Gasteiger partial charge in [-0.3, -0.25) is 9.59 Å². The SMILES string of the molecule is CNC(=O)c1ccnc(Cl)c1.CNC(=O)c1ccnc(Cl)c1C.Cc1c(CO)ccnc1Cl.O=C(O)c1ccnc(Cl)c1. The fourth-order valence-corrected chi connectivity index (χ4v) is 3.52. The number of carbonyl (C=O) groups is 3. The van der Waals surface area contributed by atoms with Gasteiger partial charge in [-0.15, -0.1) is 0 Å². The van der Waals surface area contributed by atoms with Gasteiger partial charge in [0.05, 0.1) is 12.2 Å². The van der Waals surface area contributed by atoms with E-state index >= 15 is 0 Å². The zero-order valence-corrected chi connectivity index (χ0v) is 26.4. The number of halogens is 4. The van der Waals surface area contributed by atoms with E-state index in [1.165, 1.54) is 36.8 Å². The average molecular weight is 670 g/mol. The summed E-state index contributed by atoms with van der Waals surface area (Å²) in [7, 11) is 3.15. The first-order valence-electron chi connectivity index (χ1n) is 12.1. The molecule has 0 atom stereocenters. The summed E-state index contributed by atoms with van der Waals surface area (Å²) in [6, 6.07) is 9.18. The second-order valence-corrected chi connectivity index (χ2v) is 9.51. The van der Waals surface area contributed by atoms with Crippen LogP contribution in [0, 0.1) is 13.8 Å². The molecule has 4 rings (SSSR count). The maximum absolute atomic E-state index is 11.2. The van der Waals surface area contributed by atoms with Crippen LogP contribution in [0.5, 0.6) is 0 Å². The van der Waals surface area contributed by atoms with Crippen molar-refractivity contribution in [3.05, 3.63) is 115 Å². The van der Waals surface area contributed by atoms with Crippen LogP contribution in [0.3, 0.4) is 0 Å². The predicted octanol–water partition coefficient (Wildman–Crippen LogP) is 5.47. The van der Waals surface area contributed by atoms with E-state index in [9.17, 15) is 14.4 Å². The minimum atomic E-state index is -0.996. The van der Waals surface area contributed by atoms with Crippen LogP contribution < -0.4 is 10.6 Å². The van der Waals surface area contributed by atoms with E-state index in [2.05, 4.69) is 30.6 Å². The molecule has 0 aromatic carbocycles. The molecule has 4 N–H and O–H groups in total. The maximum atomic E-state index is 11.2. The van der Waals surface area contributed by atoms with Gasteiger partial charge in [-0.1, -0.05) is 46.4 Å². The highest BCUT2D eigenvalue weighted by Gasteiger charge is 2.09. The molecular weight excluding hydrogens is 642 g/mol. The van der Waals surface area contributed by atoms with E-state index in [4.69, 9.17) is 56.6 Å². The summed E-state index contributed by atoms with van der Waals surface area (Å²) < 4.78 is 0. The standard InChI is InChI=1S/C8H9ClN2O.C7H7ClN2O.C7H8ClNO.C6H4ClNO2/c1-5-6(8(12)10-2)3-4-11-7(5)9;1-9-7(11)5-2-3-10-6(8)4-5;1-5-6(4-10)2-3-9-7(5)8;7-5-3-4(6(9)10)1-2-8-5/h3-4H,1-2H3,(H,10,12);2-4H,1H3,(H,9,11);2-3,10H,4H2,1H3;1-3H,(H,9,10). The highest BCUT2D eigenvalue weighted by Crippen LogP contribution is 2.16. The number of carboxylic acids is 1. The van der Waals surface area contributed by atoms with Gasteiger partial charge in [-0.05, 0) is 66.9 Å². The average Bonchev–Trinajstić information content (AvgIpc) is 3.00. The minimum absolute atomic E-state index is 0.0219. The molecule has 2 amide bonds. The van der Waals surface area contributed by atoms with Crippen molar-refractivity contribution in [2.75, 3.05) is 14.1 Å². The number of rotatable bonds is 4. The third kappa shape index (κ3) is 12.9. The van der Waals surface area contributed by atoms with Crippen LogP contribution in [-0.4, -0.2) is 62.0 Å². The summed E-state index contributed by atoms with van der Waals surface area (Å²) in [4.78, 5) is 47.5. The van der Waals surface area contributed by atoms with Crippen molar-refractivity contribution in [1.29, 1.82) is 0 Å². The molecule has 4 aromatic heterocycles. The smallest absolute Gasteiger partial charge is 0.335 e. The lowest BCUT2D eigenvalue weighted by molar-refractivity contribution is 0.0696. The van der Waals surface area contributed by atoms with E-state index in [1.54, 1.807) is 45.4 Å². The van der Waals surface area contributed by atoms with Gasteiger partial charge < -0.3 is 20.8 Å². The van der Waals surface area contributed by atoms with Crippen molar-refractivity contribution >= 4 is 64.2 Å². The molecule has 0 saturated carbocycles. The van der Waals surface area contributed by atoms with E-state index < -0.39 is 5.97 Å². The molecule has 4 heterocycles. The third-order valence-corrected chi connectivity index (χ3v) is 6.40. The summed E-state index contributed by atoms with van der Waals surface area (Å²) in [6.45, 7) is 3.62. The maximum Gasteiger partial charge on any atom is 0.335 e. The Balaban J connectivity index is 0.000000287. The first-order valence-corrected chi connectivity index (χ1v) is 13.6. The quantitative estimate of drug-likeness (QED) is 0.206. The summed E-state index contributed by atoms with van der Waals surface area (Å²) in [6.07, 6.45) is 5.94. The minimum Gasteiger partial charge on any atom is -0.478 e. The molecule has 0 spiro atoms. The summed E-state index contributed by atoms with van der Waals surface area (Å²) >= 11 is 22.4. The molecule has 15 heteroatoms. The number of pyridine rings is 4. The van der Waals surface area contributed by atoms with Gasteiger partial charge in [-0.25, -0.2) is 24.7 Å². The highest BCUT2D eigenvalue weighted by atomic mass is 35.5. The normalized spacial score (nSPS) is 9.51. The second kappa shape index (κ2) is 19.3. The van der Waals surface area contributed by atoms with Crippen molar-refractivity contribution in [2.45, 2.75) is 20.5 Å². The van der Waals surface area contributed by atoms with E-state index in [0.717, 1.165) is 11.1 Å². The van der Waals surface area contributed by atoms with Gasteiger partial charge in [0, 0.05) is 50.0 Å².